The summed E-state index contributed by atoms with van der Waals surface area (Å²) in [6, 6.07) is 14.6. The van der Waals surface area contributed by atoms with E-state index >= 15 is 0 Å². The molecule has 0 aliphatic rings. The first-order valence-electron chi connectivity index (χ1n) is 8.83. The van der Waals surface area contributed by atoms with E-state index in [0.717, 1.165) is 41.9 Å². The fourth-order valence-electron chi connectivity index (χ4n) is 2.41. The summed E-state index contributed by atoms with van der Waals surface area (Å²) >= 11 is 3.55. The van der Waals surface area contributed by atoms with E-state index in [1.54, 1.807) is 0 Å². The third-order valence-corrected chi connectivity index (χ3v) is 4.30. The number of hydrogen-bond donors (Lipinski definition) is 1. The number of hydrogen-bond acceptors (Lipinski definition) is 3. The van der Waals surface area contributed by atoms with Gasteiger partial charge in [-0.25, -0.2) is 0 Å². The van der Waals surface area contributed by atoms with Crippen LogP contribution < -0.4 is 10.1 Å². The van der Waals surface area contributed by atoms with Crippen LogP contribution in [0.1, 0.15) is 37.0 Å². The van der Waals surface area contributed by atoms with Crippen molar-refractivity contribution in [2.45, 2.75) is 46.4 Å². The first-order chi connectivity index (χ1) is 12.0. The zero-order valence-corrected chi connectivity index (χ0v) is 16.9. The highest BCUT2D eigenvalue weighted by Gasteiger charge is 2.05. The Balaban J connectivity index is 1.85. The van der Waals surface area contributed by atoms with Gasteiger partial charge in [0, 0.05) is 23.2 Å². The molecule has 0 bridgehead atoms. The molecule has 0 heterocycles. The monoisotopic (exact) mass is 405 g/mol. The van der Waals surface area contributed by atoms with Crippen LogP contribution in [0.4, 0.5) is 0 Å². The van der Waals surface area contributed by atoms with Gasteiger partial charge in [0.25, 0.3) is 0 Å². The van der Waals surface area contributed by atoms with E-state index in [1.807, 2.05) is 12.1 Å². The normalized spacial score (nSPS) is 11.1. The molecular formula is C21H28BrNO2. The van der Waals surface area contributed by atoms with E-state index in [1.165, 1.54) is 11.1 Å². The van der Waals surface area contributed by atoms with Crippen LogP contribution in [0.3, 0.4) is 0 Å². The summed E-state index contributed by atoms with van der Waals surface area (Å²) in [6.07, 6.45) is 1.30. The molecule has 0 spiro atoms. The number of benzene rings is 2. The van der Waals surface area contributed by atoms with Crippen molar-refractivity contribution < 1.29 is 9.47 Å². The second kappa shape index (κ2) is 10.6. The Labute approximate surface area is 159 Å². The average Bonchev–Trinajstić information content (AvgIpc) is 2.58. The Hall–Kier alpha value is -1.36. The number of rotatable bonds is 10. The van der Waals surface area contributed by atoms with Gasteiger partial charge in [-0.15, -0.1) is 0 Å². The molecule has 3 nitrogen and oxygen atoms in total. The molecule has 0 unspecified atom stereocenters. The lowest BCUT2D eigenvalue weighted by molar-refractivity contribution is 0.0770. The van der Waals surface area contributed by atoms with Crippen LogP contribution in [-0.4, -0.2) is 19.3 Å². The first kappa shape index (κ1) is 20.0. The van der Waals surface area contributed by atoms with Crippen molar-refractivity contribution in [1.82, 2.24) is 5.32 Å². The summed E-state index contributed by atoms with van der Waals surface area (Å²) in [6.45, 7) is 9.30. The summed E-state index contributed by atoms with van der Waals surface area (Å²) in [5.74, 6) is 0.926. The highest BCUT2D eigenvalue weighted by Crippen LogP contribution is 2.24. The van der Waals surface area contributed by atoms with Crippen LogP contribution in [0.25, 0.3) is 0 Å². The molecule has 0 aromatic heterocycles. The van der Waals surface area contributed by atoms with Crippen LogP contribution in [0.2, 0.25) is 0 Å². The Morgan fingerprint density at radius 2 is 1.84 bits per heavy atom. The van der Waals surface area contributed by atoms with E-state index in [9.17, 15) is 0 Å². The second-order valence-corrected chi connectivity index (χ2v) is 7.39. The molecule has 2 aromatic carbocycles. The van der Waals surface area contributed by atoms with Crippen molar-refractivity contribution in [2.24, 2.45) is 0 Å². The summed E-state index contributed by atoms with van der Waals surface area (Å²) in [5, 5.41) is 3.47. The molecule has 0 aliphatic heterocycles. The van der Waals surface area contributed by atoms with E-state index in [4.69, 9.17) is 9.47 Å². The van der Waals surface area contributed by atoms with Gasteiger partial charge in [-0.2, -0.15) is 0 Å². The number of nitrogens with one attached hydrogen (secondary N) is 1. The third-order valence-electron chi connectivity index (χ3n) is 3.80. The van der Waals surface area contributed by atoms with Crippen LogP contribution in [0.5, 0.6) is 5.75 Å². The smallest absolute Gasteiger partial charge is 0.124 e. The van der Waals surface area contributed by atoms with Gasteiger partial charge in [-0.1, -0.05) is 45.8 Å². The fraction of sp³-hybridized carbons (Fsp3) is 0.429. The summed E-state index contributed by atoms with van der Waals surface area (Å²) in [5.41, 5.74) is 3.60. The fourth-order valence-corrected chi connectivity index (χ4v) is 2.82. The van der Waals surface area contributed by atoms with Crippen molar-refractivity contribution >= 4 is 15.9 Å². The lowest BCUT2D eigenvalue weighted by atomic mass is 10.1. The molecule has 0 amide bonds. The van der Waals surface area contributed by atoms with Crippen LogP contribution in [-0.2, 0) is 17.9 Å². The van der Waals surface area contributed by atoms with E-state index < -0.39 is 0 Å². The van der Waals surface area contributed by atoms with Crippen LogP contribution in [0.15, 0.2) is 46.9 Å². The maximum Gasteiger partial charge on any atom is 0.124 e. The SMILES string of the molecule is Cc1ccc(COc2ccc(Br)cc2CNCCCOC(C)C)cc1. The van der Waals surface area contributed by atoms with Gasteiger partial charge in [-0.05, 0) is 57.5 Å². The lowest BCUT2D eigenvalue weighted by Crippen LogP contribution is -2.18. The molecule has 25 heavy (non-hydrogen) atoms. The van der Waals surface area contributed by atoms with Crippen molar-refractivity contribution in [3.8, 4) is 5.75 Å². The Kier molecular flexibility index (Phi) is 8.45. The zero-order chi connectivity index (χ0) is 18.1. The summed E-state index contributed by atoms with van der Waals surface area (Å²) in [7, 11) is 0. The van der Waals surface area contributed by atoms with Gasteiger partial charge in [0.1, 0.15) is 12.4 Å². The molecule has 0 aliphatic carbocycles. The van der Waals surface area contributed by atoms with Gasteiger partial charge >= 0.3 is 0 Å². The molecule has 0 atom stereocenters. The quantitative estimate of drug-likeness (QED) is 0.548. The Morgan fingerprint density at radius 1 is 1.08 bits per heavy atom. The summed E-state index contributed by atoms with van der Waals surface area (Å²) < 4.78 is 12.7. The standard InChI is InChI=1S/C21H28BrNO2/c1-16(2)24-12-4-11-23-14-19-13-20(22)9-10-21(19)25-15-18-7-5-17(3)6-8-18/h5-10,13,16,23H,4,11-12,14-15H2,1-3H3. The highest BCUT2D eigenvalue weighted by molar-refractivity contribution is 9.10. The van der Waals surface area contributed by atoms with Crippen molar-refractivity contribution in [1.29, 1.82) is 0 Å². The first-order valence-corrected chi connectivity index (χ1v) is 9.63. The van der Waals surface area contributed by atoms with Gasteiger partial charge < -0.3 is 14.8 Å². The molecule has 1 N–H and O–H groups in total. The minimum absolute atomic E-state index is 0.298. The lowest BCUT2D eigenvalue weighted by Gasteiger charge is -2.13. The molecule has 0 fully saturated rings. The highest BCUT2D eigenvalue weighted by atomic mass is 79.9. The largest absolute Gasteiger partial charge is 0.489 e. The predicted molar refractivity (Wildman–Crippen MR) is 107 cm³/mol. The Bertz CT molecular complexity index is 641. The maximum absolute atomic E-state index is 6.04. The zero-order valence-electron chi connectivity index (χ0n) is 15.3. The molecule has 0 saturated carbocycles. The maximum atomic E-state index is 6.04. The van der Waals surface area contributed by atoms with Gasteiger partial charge in [0.15, 0.2) is 0 Å². The molecule has 2 aromatic rings. The molecule has 4 heteroatoms. The second-order valence-electron chi connectivity index (χ2n) is 6.48. The van der Waals surface area contributed by atoms with Gasteiger partial charge in [-0.3, -0.25) is 0 Å². The van der Waals surface area contributed by atoms with E-state index in [-0.39, 0.29) is 0 Å². The number of halogens is 1. The number of aryl methyl sites for hydroxylation is 1. The van der Waals surface area contributed by atoms with E-state index in [0.29, 0.717) is 12.7 Å². The van der Waals surface area contributed by atoms with Crippen molar-refractivity contribution in [3.05, 3.63) is 63.6 Å². The molecule has 0 radical (unpaired) electrons. The Morgan fingerprint density at radius 3 is 2.56 bits per heavy atom. The molecular weight excluding hydrogens is 378 g/mol. The van der Waals surface area contributed by atoms with Crippen LogP contribution in [0, 0.1) is 6.92 Å². The molecule has 0 saturated heterocycles. The summed E-state index contributed by atoms with van der Waals surface area (Å²) in [4.78, 5) is 0. The van der Waals surface area contributed by atoms with Crippen molar-refractivity contribution in [2.75, 3.05) is 13.2 Å². The van der Waals surface area contributed by atoms with Gasteiger partial charge in [0.2, 0.25) is 0 Å². The molecule has 2 rings (SSSR count). The van der Waals surface area contributed by atoms with Crippen molar-refractivity contribution in [3.63, 3.8) is 0 Å². The average molecular weight is 406 g/mol. The van der Waals surface area contributed by atoms with Gasteiger partial charge in [0.05, 0.1) is 6.10 Å². The minimum atomic E-state index is 0.298. The minimum Gasteiger partial charge on any atom is -0.489 e. The van der Waals surface area contributed by atoms with Crippen LogP contribution >= 0.6 is 15.9 Å². The third kappa shape index (κ3) is 7.59. The topological polar surface area (TPSA) is 30.5 Å². The predicted octanol–water partition coefficient (Wildman–Crippen LogP) is 5.24. The van der Waals surface area contributed by atoms with E-state index in [2.05, 4.69) is 72.3 Å². The number of ether oxygens (including phenoxy) is 2. The molecule has 136 valence electrons.